The summed E-state index contributed by atoms with van der Waals surface area (Å²) in [5.41, 5.74) is 2.45. The number of carbonyl (C=O) groups is 1. The first-order valence-electron chi connectivity index (χ1n) is 16.2. The zero-order chi connectivity index (χ0) is 25.9. The number of likely N-dealkylation sites (tertiary alicyclic amines) is 1. The Balaban J connectivity index is 1.30. The molecule has 0 amide bonds. The van der Waals surface area contributed by atoms with Crippen LogP contribution < -0.4 is 0 Å². The lowest BCUT2D eigenvalue weighted by Crippen LogP contribution is -2.56. The van der Waals surface area contributed by atoms with Gasteiger partial charge in [0.05, 0.1) is 23.6 Å². The number of piperidine rings is 3. The van der Waals surface area contributed by atoms with E-state index in [0.717, 1.165) is 24.5 Å². The molecule has 3 aliphatic heterocycles. The highest BCUT2D eigenvalue weighted by atomic mass is 16.1. The van der Waals surface area contributed by atoms with E-state index >= 15 is 0 Å². The lowest BCUT2D eigenvalue weighted by molar-refractivity contribution is -0.119. The zero-order valence-corrected chi connectivity index (χ0v) is 23.8. The fourth-order valence-corrected chi connectivity index (χ4v) is 8.72. The van der Waals surface area contributed by atoms with Gasteiger partial charge in [-0.15, -0.1) is 0 Å². The average molecular weight is 519 g/mol. The highest BCUT2D eigenvalue weighted by molar-refractivity contribution is 5.78. The van der Waals surface area contributed by atoms with Crippen molar-refractivity contribution in [3.05, 3.63) is 30.1 Å². The molecule has 5 heteroatoms. The molecule has 3 saturated heterocycles. The molecule has 0 unspecified atom stereocenters. The van der Waals surface area contributed by atoms with E-state index in [-0.39, 0.29) is 11.8 Å². The van der Waals surface area contributed by atoms with Crippen LogP contribution in [0.3, 0.4) is 0 Å². The summed E-state index contributed by atoms with van der Waals surface area (Å²) >= 11 is 0. The molecular formula is C33H50N4O. The Kier molecular flexibility index (Phi) is 8.51. The first kappa shape index (κ1) is 26.5. The van der Waals surface area contributed by atoms with Crippen molar-refractivity contribution in [1.29, 1.82) is 0 Å². The molecule has 208 valence electrons. The standard InChI is InChI=1S/C33H50N4O/c1-25(38)24-35-21-12-11-20-32(35)33-34-30-18-9-10-19-31(30)37(33)29-22-27-16-13-17-28(23-29)36(27)26-14-7-5-3-2-4-6-8-15-26/h9-10,18-19,26-29,32H,2-8,11-17,20-24H2,1H3/t27-,28+,29+,32-/m1/s1. The third-order valence-electron chi connectivity index (χ3n) is 10.3. The van der Waals surface area contributed by atoms with Gasteiger partial charge in [0, 0.05) is 24.2 Å². The van der Waals surface area contributed by atoms with Gasteiger partial charge in [0.25, 0.3) is 0 Å². The van der Waals surface area contributed by atoms with Gasteiger partial charge in [-0.1, -0.05) is 69.9 Å². The van der Waals surface area contributed by atoms with Crippen molar-refractivity contribution in [2.24, 2.45) is 0 Å². The Bertz CT molecular complexity index is 1050. The van der Waals surface area contributed by atoms with Crippen molar-refractivity contribution in [2.45, 2.75) is 146 Å². The normalized spacial score (nSPS) is 30.9. The number of rotatable bonds is 5. The fourth-order valence-electron chi connectivity index (χ4n) is 8.72. The Hall–Kier alpha value is -1.72. The molecule has 0 N–H and O–H groups in total. The van der Waals surface area contributed by atoms with E-state index in [0.29, 0.717) is 24.7 Å². The van der Waals surface area contributed by atoms with E-state index in [1.165, 1.54) is 114 Å². The van der Waals surface area contributed by atoms with Crippen molar-refractivity contribution in [2.75, 3.05) is 13.1 Å². The average Bonchev–Trinajstić information content (AvgIpc) is 3.30. The fraction of sp³-hybridized carbons (Fsp3) is 0.758. The lowest BCUT2D eigenvalue weighted by atomic mass is 9.79. The smallest absolute Gasteiger partial charge is 0.143 e. The van der Waals surface area contributed by atoms with Gasteiger partial charge in [-0.2, -0.15) is 0 Å². The molecule has 4 fully saturated rings. The van der Waals surface area contributed by atoms with Gasteiger partial charge in [0.1, 0.15) is 11.6 Å². The highest BCUT2D eigenvalue weighted by Crippen LogP contribution is 2.45. The number of hydrogen-bond acceptors (Lipinski definition) is 4. The number of aromatic nitrogens is 2. The summed E-state index contributed by atoms with van der Waals surface area (Å²) < 4.78 is 2.68. The summed E-state index contributed by atoms with van der Waals surface area (Å²) in [4.78, 5) is 23.0. The largest absolute Gasteiger partial charge is 0.323 e. The van der Waals surface area contributed by atoms with Crippen LogP contribution >= 0.6 is 0 Å². The minimum absolute atomic E-state index is 0.260. The van der Waals surface area contributed by atoms with E-state index in [1.807, 2.05) is 0 Å². The SMILES string of the molecule is CC(=O)CN1CCCC[C@@H]1c1nc2ccccc2n1[C@H]1C[C@H]2CCC[C@@H](C1)N2C1CCCCCCCCC1. The third kappa shape index (κ3) is 5.61. The molecule has 1 aromatic heterocycles. The van der Waals surface area contributed by atoms with Gasteiger partial charge in [-0.05, 0) is 77.0 Å². The second kappa shape index (κ2) is 12.2. The van der Waals surface area contributed by atoms with Gasteiger partial charge in [0.15, 0.2) is 0 Å². The van der Waals surface area contributed by atoms with Crippen LogP contribution in [0.1, 0.15) is 134 Å². The molecule has 6 rings (SSSR count). The Morgan fingerprint density at radius 3 is 2.11 bits per heavy atom. The number of benzene rings is 1. The van der Waals surface area contributed by atoms with Crippen LogP contribution in [0.5, 0.6) is 0 Å². The molecule has 4 aliphatic rings. The predicted octanol–water partition coefficient (Wildman–Crippen LogP) is 7.60. The van der Waals surface area contributed by atoms with Gasteiger partial charge < -0.3 is 4.57 Å². The molecule has 4 heterocycles. The maximum Gasteiger partial charge on any atom is 0.143 e. The minimum atomic E-state index is 0.260. The van der Waals surface area contributed by atoms with Crippen molar-refractivity contribution in [3.63, 3.8) is 0 Å². The number of fused-ring (bicyclic) bond motifs is 3. The molecule has 1 saturated carbocycles. The van der Waals surface area contributed by atoms with Crippen molar-refractivity contribution < 1.29 is 4.79 Å². The monoisotopic (exact) mass is 518 g/mol. The molecule has 0 spiro atoms. The third-order valence-corrected chi connectivity index (χ3v) is 10.3. The van der Waals surface area contributed by atoms with E-state index in [2.05, 4.69) is 38.6 Å². The van der Waals surface area contributed by atoms with Crippen molar-refractivity contribution in [3.8, 4) is 0 Å². The Morgan fingerprint density at radius 2 is 1.39 bits per heavy atom. The number of imidazole rings is 1. The van der Waals surface area contributed by atoms with Gasteiger partial charge in [-0.3, -0.25) is 14.6 Å². The minimum Gasteiger partial charge on any atom is -0.323 e. The maximum absolute atomic E-state index is 12.2. The second-order valence-corrected chi connectivity index (χ2v) is 13.0. The maximum atomic E-state index is 12.2. The number of para-hydroxylation sites is 2. The van der Waals surface area contributed by atoms with Crippen LogP contribution in [0.2, 0.25) is 0 Å². The number of Topliss-reactive ketones (excluding diaryl/α,β-unsaturated/α-hetero) is 1. The quantitative estimate of drug-likeness (QED) is 0.409. The topological polar surface area (TPSA) is 41.4 Å². The molecular weight excluding hydrogens is 468 g/mol. The van der Waals surface area contributed by atoms with Crippen molar-refractivity contribution in [1.82, 2.24) is 19.4 Å². The summed E-state index contributed by atoms with van der Waals surface area (Å²) in [6.07, 6.45) is 23.1. The molecule has 4 atom stereocenters. The number of carbonyl (C=O) groups excluding carboxylic acids is 1. The van der Waals surface area contributed by atoms with Crippen LogP contribution in [-0.2, 0) is 4.79 Å². The Morgan fingerprint density at radius 1 is 0.763 bits per heavy atom. The summed E-state index contributed by atoms with van der Waals surface area (Å²) in [7, 11) is 0. The first-order valence-corrected chi connectivity index (χ1v) is 16.2. The summed E-state index contributed by atoms with van der Waals surface area (Å²) in [6, 6.07) is 11.8. The van der Waals surface area contributed by atoms with Gasteiger partial charge in [-0.25, -0.2) is 4.98 Å². The zero-order valence-electron chi connectivity index (χ0n) is 23.8. The van der Waals surface area contributed by atoms with Crippen LogP contribution in [0.15, 0.2) is 24.3 Å². The van der Waals surface area contributed by atoms with Crippen LogP contribution in [0.4, 0.5) is 0 Å². The van der Waals surface area contributed by atoms with E-state index < -0.39 is 0 Å². The van der Waals surface area contributed by atoms with E-state index in [9.17, 15) is 4.79 Å². The number of hydrogen-bond donors (Lipinski definition) is 0. The molecule has 1 aromatic carbocycles. The van der Waals surface area contributed by atoms with Gasteiger partial charge in [0.2, 0.25) is 0 Å². The van der Waals surface area contributed by atoms with E-state index in [4.69, 9.17) is 4.98 Å². The number of ketones is 1. The summed E-state index contributed by atoms with van der Waals surface area (Å²) in [5.74, 6) is 1.51. The highest BCUT2D eigenvalue weighted by Gasteiger charge is 2.43. The summed E-state index contributed by atoms with van der Waals surface area (Å²) in [5, 5.41) is 0. The summed E-state index contributed by atoms with van der Waals surface area (Å²) in [6.45, 7) is 3.31. The molecule has 1 aliphatic carbocycles. The predicted molar refractivity (Wildman–Crippen MR) is 155 cm³/mol. The molecule has 38 heavy (non-hydrogen) atoms. The first-order chi connectivity index (χ1) is 18.7. The van der Waals surface area contributed by atoms with E-state index in [1.54, 1.807) is 6.92 Å². The Labute approximate surface area is 230 Å². The number of nitrogens with zero attached hydrogens (tertiary/aromatic N) is 4. The van der Waals surface area contributed by atoms with Crippen LogP contribution in [-0.4, -0.2) is 56.3 Å². The molecule has 2 aromatic rings. The molecule has 0 radical (unpaired) electrons. The van der Waals surface area contributed by atoms with Crippen molar-refractivity contribution >= 4 is 16.8 Å². The molecule has 5 nitrogen and oxygen atoms in total. The van der Waals surface area contributed by atoms with Crippen LogP contribution in [0.25, 0.3) is 11.0 Å². The second-order valence-electron chi connectivity index (χ2n) is 13.0. The molecule has 2 bridgehead atoms. The van der Waals surface area contributed by atoms with Gasteiger partial charge >= 0.3 is 0 Å². The lowest BCUT2D eigenvalue weighted by Gasteiger charge is -2.53. The van der Waals surface area contributed by atoms with Crippen LogP contribution in [0, 0.1) is 0 Å².